The van der Waals surface area contributed by atoms with E-state index in [4.69, 9.17) is 10.8 Å². The summed E-state index contributed by atoms with van der Waals surface area (Å²) in [6.07, 6.45) is -1.68. The van der Waals surface area contributed by atoms with E-state index in [-0.39, 0.29) is 43.0 Å². The monoisotopic (exact) mass is 1360 g/mol. The fourth-order valence-corrected chi connectivity index (χ4v) is 8.60. The van der Waals surface area contributed by atoms with Crippen LogP contribution in [0.4, 0.5) is 0 Å². The largest absolute Gasteiger partial charge is 0.508 e. The summed E-state index contributed by atoms with van der Waals surface area (Å²) in [7, 11) is 0. The number of hydrogen-bond donors (Lipinski definition) is 22. The summed E-state index contributed by atoms with van der Waals surface area (Å²) in [5.74, 6) is -17.7. The first-order chi connectivity index (χ1) is 44.9. The average Bonchev–Trinajstić information content (AvgIpc) is 1.08. The number of imidazole rings is 1. The number of aliphatic hydroxyl groups is 4. The molecule has 0 unspecified atom stereocenters. The summed E-state index contributed by atoms with van der Waals surface area (Å²) >= 11 is 0. The number of aliphatic hydroxyl groups excluding tert-OH is 4. The number of phenolic OH excluding ortho intramolecular Hbond substituents is 1. The number of rotatable bonds is 41. The number of nitrogens with one attached hydrogen (secondary N) is 14. The molecule has 0 saturated carbocycles. The fourth-order valence-electron chi connectivity index (χ4n) is 8.60. The van der Waals surface area contributed by atoms with Crippen molar-refractivity contribution in [1.82, 2.24) is 79.1 Å². The van der Waals surface area contributed by atoms with Crippen molar-refractivity contribution in [1.29, 1.82) is 0 Å². The van der Waals surface area contributed by atoms with Gasteiger partial charge in [-0.05, 0) is 77.0 Å². The Labute approximate surface area is 550 Å². The lowest BCUT2D eigenvalue weighted by Crippen LogP contribution is -2.61. The van der Waals surface area contributed by atoms with Crippen molar-refractivity contribution in [2.45, 2.75) is 179 Å². The van der Waals surface area contributed by atoms with E-state index in [0.29, 0.717) is 5.56 Å². The Hall–Kier alpha value is -9.92. The molecule has 38 heteroatoms. The summed E-state index contributed by atoms with van der Waals surface area (Å²) < 4.78 is 0. The third-order valence-corrected chi connectivity index (χ3v) is 14.3. The molecule has 1 aromatic carbocycles. The van der Waals surface area contributed by atoms with Gasteiger partial charge in [-0.2, -0.15) is 0 Å². The van der Waals surface area contributed by atoms with Gasteiger partial charge in [0.15, 0.2) is 0 Å². The zero-order chi connectivity index (χ0) is 72.8. The van der Waals surface area contributed by atoms with Crippen molar-refractivity contribution in [3.05, 3.63) is 48.0 Å². The molecule has 0 saturated heterocycles. The molecule has 23 N–H and O–H groups in total. The molecule has 0 aliphatic heterocycles. The van der Waals surface area contributed by atoms with Gasteiger partial charge in [-0.1, -0.05) is 46.2 Å². The molecule has 96 heavy (non-hydrogen) atoms. The topological polar surface area (TPSA) is 609 Å². The number of carbonyl (C=O) groups excluding carboxylic acids is 13. The highest BCUT2D eigenvalue weighted by atomic mass is 16.4. The molecule has 13 amide bonds. The zero-order valence-electron chi connectivity index (χ0n) is 54.3. The normalized spacial score (nSPS) is 15.8. The van der Waals surface area contributed by atoms with E-state index in [0.717, 1.165) is 34.6 Å². The number of aliphatic carboxylic acids is 2. The van der Waals surface area contributed by atoms with Gasteiger partial charge in [-0.15, -0.1) is 0 Å². The first-order valence-electron chi connectivity index (χ1n) is 30.3. The molecule has 2 rings (SSSR count). The number of nitrogens with zero attached hydrogens (tertiary/aromatic N) is 1. The van der Waals surface area contributed by atoms with Gasteiger partial charge < -0.3 is 116 Å². The third-order valence-electron chi connectivity index (χ3n) is 14.3. The van der Waals surface area contributed by atoms with Crippen molar-refractivity contribution in [2.75, 3.05) is 26.3 Å². The lowest BCUT2D eigenvalue weighted by atomic mass is 9.97. The number of carboxylic acid groups (broad SMARTS) is 2. The van der Waals surface area contributed by atoms with Crippen LogP contribution in [0.5, 0.6) is 5.75 Å². The molecule has 0 spiro atoms. The van der Waals surface area contributed by atoms with Crippen LogP contribution in [0.2, 0.25) is 0 Å². The van der Waals surface area contributed by atoms with E-state index in [1.165, 1.54) is 36.8 Å². The van der Waals surface area contributed by atoms with Crippen LogP contribution in [0.25, 0.3) is 0 Å². The fraction of sp³-hybridized carbons (Fsp3) is 0.586. The quantitative estimate of drug-likeness (QED) is 0.0294. The maximum atomic E-state index is 14.0. The summed E-state index contributed by atoms with van der Waals surface area (Å²) in [6, 6.07) is -13.0. The second-order valence-corrected chi connectivity index (χ2v) is 23.0. The highest BCUT2D eigenvalue weighted by Gasteiger charge is 2.37. The second kappa shape index (κ2) is 40.4. The van der Waals surface area contributed by atoms with Gasteiger partial charge in [0, 0.05) is 12.6 Å². The van der Waals surface area contributed by atoms with Gasteiger partial charge in [0.25, 0.3) is 0 Å². The zero-order valence-corrected chi connectivity index (χ0v) is 54.3. The molecule has 1 aromatic heterocycles. The maximum absolute atomic E-state index is 14.0. The molecule has 1 heterocycles. The van der Waals surface area contributed by atoms with Gasteiger partial charge in [0.05, 0.1) is 63.0 Å². The van der Waals surface area contributed by atoms with Crippen molar-refractivity contribution in [3.63, 3.8) is 0 Å². The Kier molecular flexibility index (Phi) is 34.5. The predicted molar refractivity (Wildman–Crippen MR) is 333 cm³/mol. The molecule has 0 fully saturated rings. The number of aromatic amines is 1. The predicted octanol–water partition coefficient (Wildman–Crippen LogP) is -8.75. The van der Waals surface area contributed by atoms with Crippen LogP contribution in [-0.4, -0.2) is 245 Å². The van der Waals surface area contributed by atoms with Crippen molar-refractivity contribution < 1.29 is 108 Å². The minimum absolute atomic E-state index is 0.00354. The van der Waals surface area contributed by atoms with Crippen molar-refractivity contribution >= 4 is 88.7 Å². The number of carboxylic acids is 2. The summed E-state index contributed by atoms with van der Waals surface area (Å²) in [4.78, 5) is 203. The maximum Gasteiger partial charge on any atom is 0.325 e. The van der Waals surface area contributed by atoms with Crippen LogP contribution >= 0.6 is 0 Å². The Morgan fingerprint density at radius 1 is 0.490 bits per heavy atom. The van der Waals surface area contributed by atoms with E-state index in [1.807, 2.05) is 0 Å². The summed E-state index contributed by atoms with van der Waals surface area (Å²) in [6.45, 7) is 8.35. The standard InChI is InChI=1S/C58H90N16O22/c1-10-26(4)44(72-42(81)21-62-51(88)40(23-76)71-54(91)38(18-43(82)83)68-52(89)36(15-25(2)3)67-49(86)35(59)16-32-11-13-34(79)14-12-32)55(92)69-37(17-33-19-60-24-63-33)53(90)70-39(22-75)50(87)61-20-41(80)64-27(5)47(84)73-45(30(8)77)56(93)65-28(6)48(85)74-46(31(9)78)57(94)66-29(7)58(95)96/h11-14,19,24-31,35-40,44-46,75-79H,10,15-18,20-23,59H2,1-9H3,(H,60,63)(H,61,87)(H,62,88)(H,64,80)(H,65,93)(H,66,94)(H,67,86)(H,68,89)(H,69,92)(H,70,90)(H,71,91)(H,72,81)(H,73,84)(H,74,85)(H,82,83)(H,95,96)/t26-,27-,28-,29-,30+,31+,35-,36-,37-,38-,39-,40-,44-,45-,46-/m0/s1. The highest BCUT2D eigenvalue weighted by Crippen LogP contribution is 2.14. The van der Waals surface area contributed by atoms with Crippen LogP contribution < -0.4 is 74.9 Å². The number of H-pyrrole nitrogens is 1. The Morgan fingerprint density at radius 3 is 1.38 bits per heavy atom. The van der Waals surface area contributed by atoms with E-state index in [9.17, 15) is 103 Å². The van der Waals surface area contributed by atoms with Crippen LogP contribution in [0, 0.1) is 11.8 Å². The first kappa shape index (κ1) is 82.2. The number of aromatic nitrogens is 2. The second-order valence-electron chi connectivity index (χ2n) is 23.0. The molecule has 0 radical (unpaired) electrons. The number of nitrogens with two attached hydrogens (primary N) is 1. The Morgan fingerprint density at radius 2 is 0.927 bits per heavy atom. The highest BCUT2D eigenvalue weighted by molar-refractivity contribution is 6.00. The van der Waals surface area contributed by atoms with E-state index < -0.39 is 212 Å². The van der Waals surface area contributed by atoms with Crippen LogP contribution in [0.15, 0.2) is 36.8 Å². The molecule has 0 bridgehead atoms. The van der Waals surface area contributed by atoms with E-state index >= 15 is 0 Å². The van der Waals surface area contributed by atoms with Crippen molar-refractivity contribution in [3.8, 4) is 5.75 Å². The van der Waals surface area contributed by atoms with Crippen LogP contribution in [0.3, 0.4) is 0 Å². The number of carbonyl (C=O) groups is 15. The first-order valence-corrected chi connectivity index (χ1v) is 30.3. The van der Waals surface area contributed by atoms with Gasteiger partial charge in [0.2, 0.25) is 76.8 Å². The third kappa shape index (κ3) is 28.3. The van der Waals surface area contributed by atoms with Crippen LogP contribution in [0.1, 0.15) is 92.8 Å². The number of hydrogen-bond acceptors (Lipinski definition) is 22. The minimum Gasteiger partial charge on any atom is -0.508 e. The lowest BCUT2D eigenvalue weighted by Gasteiger charge is -2.27. The number of amides is 13. The Balaban J connectivity index is 2.11. The Bertz CT molecular complexity index is 3020. The number of aromatic hydroxyl groups is 1. The number of benzene rings is 1. The van der Waals surface area contributed by atoms with Gasteiger partial charge in [-0.25, -0.2) is 4.98 Å². The molecule has 0 aliphatic carbocycles. The summed E-state index contributed by atoms with van der Waals surface area (Å²) in [5.41, 5.74) is 6.88. The van der Waals surface area contributed by atoms with Gasteiger partial charge in [-0.3, -0.25) is 71.9 Å². The molecular weight excluding hydrogens is 1270 g/mol. The van der Waals surface area contributed by atoms with Gasteiger partial charge >= 0.3 is 11.9 Å². The van der Waals surface area contributed by atoms with E-state index in [1.54, 1.807) is 27.7 Å². The SMILES string of the molecule is CC[C@H](C)[C@H](NC(=O)CNC(=O)[C@H](CO)NC(=O)[C@H](CC(=O)O)NC(=O)[C@H](CC(C)C)NC(=O)[C@@H](N)Cc1ccc(O)cc1)C(=O)N[C@@H](Cc1c[nH]cn1)C(=O)N[C@@H](CO)C(=O)NCC(=O)N[C@@H](C)C(=O)N[C@H](C(=O)N[C@@H](C)C(=O)N[C@H](C(=O)N[C@@H](C)C(=O)O)[C@@H](C)O)[C@@H](C)O. The van der Waals surface area contributed by atoms with Gasteiger partial charge in [0.1, 0.15) is 72.2 Å². The van der Waals surface area contributed by atoms with Crippen molar-refractivity contribution in [2.24, 2.45) is 17.6 Å². The molecular formula is C58H90N16O22. The minimum atomic E-state index is -1.88. The molecule has 38 nitrogen and oxygen atoms in total. The average molecular weight is 1360 g/mol. The smallest absolute Gasteiger partial charge is 0.325 e. The molecule has 2 aromatic rings. The van der Waals surface area contributed by atoms with E-state index in [2.05, 4.69) is 79.1 Å². The molecule has 15 atom stereocenters. The number of phenols is 1. The lowest BCUT2D eigenvalue weighted by molar-refractivity contribution is -0.142. The summed E-state index contributed by atoms with van der Waals surface area (Å²) in [5, 5.41) is 98.4. The molecule has 0 aliphatic rings. The van der Waals surface area contributed by atoms with Crippen LogP contribution in [-0.2, 0) is 84.8 Å². The molecule has 534 valence electrons.